The Morgan fingerprint density at radius 2 is 0.750 bits per heavy atom. The summed E-state index contributed by atoms with van der Waals surface area (Å²) in [6, 6.07) is 0. The summed E-state index contributed by atoms with van der Waals surface area (Å²) in [5, 5.41) is 0. The predicted molar refractivity (Wildman–Crippen MR) is 136 cm³/mol. The molecule has 0 aliphatic carbocycles. The largest absolute Gasteiger partial charge is 0.381 e. The molecule has 0 heterocycles. The van der Waals surface area contributed by atoms with E-state index in [4.69, 9.17) is 9.47 Å². The maximum absolute atomic E-state index is 10.8. The SMILES string of the molecule is CCCCCCCCCCCCCCCCCCOCCCOCCCCOS(C)(=O)=O. The smallest absolute Gasteiger partial charge is 0.264 e. The monoisotopic (exact) mass is 478 g/mol. The van der Waals surface area contributed by atoms with Gasteiger partial charge in [0.25, 0.3) is 10.1 Å². The van der Waals surface area contributed by atoms with Crippen molar-refractivity contribution in [3.63, 3.8) is 0 Å². The number of unbranched alkanes of at least 4 members (excludes halogenated alkanes) is 16. The third-order valence-electron chi connectivity index (χ3n) is 5.70. The van der Waals surface area contributed by atoms with Crippen molar-refractivity contribution in [2.24, 2.45) is 0 Å². The van der Waals surface area contributed by atoms with Gasteiger partial charge in [0.05, 0.1) is 12.9 Å². The highest BCUT2D eigenvalue weighted by molar-refractivity contribution is 7.85. The highest BCUT2D eigenvalue weighted by Crippen LogP contribution is 2.13. The number of hydrogen-bond acceptors (Lipinski definition) is 5. The van der Waals surface area contributed by atoms with Crippen LogP contribution in [0.15, 0.2) is 0 Å². The Labute approximate surface area is 200 Å². The van der Waals surface area contributed by atoms with Crippen molar-refractivity contribution in [2.45, 2.75) is 129 Å². The quantitative estimate of drug-likeness (QED) is 0.0907. The summed E-state index contributed by atoms with van der Waals surface area (Å²) in [5.74, 6) is 0. The van der Waals surface area contributed by atoms with Crippen LogP contribution in [0, 0.1) is 0 Å². The minimum atomic E-state index is -3.31. The first-order valence-corrected chi connectivity index (χ1v) is 15.4. The van der Waals surface area contributed by atoms with E-state index >= 15 is 0 Å². The van der Waals surface area contributed by atoms with Crippen molar-refractivity contribution in [2.75, 3.05) is 39.3 Å². The van der Waals surface area contributed by atoms with Gasteiger partial charge in [-0.05, 0) is 25.7 Å². The Kier molecular flexibility index (Phi) is 25.3. The van der Waals surface area contributed by atoms with E-state index in [1.807, 2.05) is 0 Å². The van der Waals surface area contributed by atoms with Crippen molar-refractivity contribution in [3.05, 3.63) is 0 Å². The summed E-state index contributed by atoms with van der Waals surface area (Å²) in [5.41, 5.74) is 0. The molecular formula is C26H54O5S. The summed E-state index contributed by atoms with van der Waals surface area (Å²) in [7, 11) is -3.31. The van der Waals surface area contributed by atoms with Gasteiger partial charge in [-0.3, -0.25) is 4.18 Å². The Hall–Kier alpha value is -0.170. The van der Waals surface area contributed by atoms with Crippen LogP contribution in [0.2, 0.25) is 0 Å². The first-order valence-electron chi connectivity index (χ1n) is 13.6. The molecule has 0 aromatic heterocycles. The van der Waals surface area contributed by atoms with Crippen LogP contribution in [0.1, 0.15) is 129 Å². The molecule has 0 radical (unpaired) electrons. The molecule has 0 saturated heterocycles. The van der Waals surface area contributed by atoms with E-state index in [0.29, 0.717) is 19.6 Å². The summed E-state index contributed by atoms with van der Waals surface area (Å²) >= 11 is 0. The molecule has 32 heavy (non-hydrogen) atoms. The summed E-state index contributed by atoms with van der Waals surface area (Å²) in [6.45, 7) is 5.49. The number of ether oxygens (including phenoxy) is 2. The van der Waals surface area contributed by atoms with Gasteiger partial charge in [0.1, 0.15) is 0 Å². The molecule has 5 nitrogen and oxygen atoms in total. The molecule has 0 aromatic rings. The van der Waals surface area contributed by atoms with Crippen LogP contribution in [-0.4, -0.2) is 47.7 Å². The maximum Gasteiger partial charge on any atom is 0.264 e. The van der Waals surface area contributed by atoms with Gasteiger partial charge < -0.3 is 9.47 Å². The highest BCUT2D eigenvalue weighted by atomic mass is 32.2. The second kappa shape index (κ2) is 25.5. The van der Waals surface area contributed by atoms with E-state index in [0.717, 1.165) is 32.3 Å². The third kappa shape index (κ3) is 29.8. The minimum absolute atomic E-state index is 0.241. The van der Waals surface area contributed by atoms with Gasteiger partial charge in [0.15, 0.2) is 0 Å². The van der Waals surface area contributed by atoms with Gasteiger partial charge in [-0.1, -0.05) is 103 Å². The molecule has 0 saturated carbocycles. The van der Waals surface area contributed by atoms with Crippen LogP contribution in [0.4, 0.5) is 0 Å². The lowest BCUT2D eigenvalue weighted by Gasteiger charge is -2.06. The van der Waals surface area contributed by atoms with Crippen LogP contribution >= 0.6 is 0 Å². The standard InChI is InChI=1S/C26H54O5S/c1-3-4-5-6-7-8-9-10-11-12-13-14-15-16-17-18-22-29-24-21-25-30-23-19-20-26-31-32(2,27)28/h3-26H2,1-2H3. The summed E-state index contributed by atoms with van der Waals surface area (Å²) < 4.78 is 37.5. The number of rotatable bonds is 27. The van der Waals surface area contributed by atoms with Gasteiger partial charge in [0.2, 0.25) is 0 Å². The van der Waals surface area contributed by atoms with Gasteiger partial charge in [0, 0.05) is 26.4 Å². The fourth-order valence-corrected chi connectivity index (χ4v) is 4.16. The second-order valence-corrected chi connectivity index (χ2v) is 10.8. The first-order chi connectivity index (χ1) is 15.6. The molecule has 6 heteroatoms. The van der Waals surface area contributed by atoms with Crippen molar-refractivity contribution in [1.82, 2.24) is 0 Å². The van der Waals surface area contributed by atoms with Crippen molar-refractivity contribution >= 4 is 10.1 Å². The van der Waals surface area contributed by atoms with E-state index in [1.165, 1.54) is 103 Å². The molecule has 0 unspecified atom stereocenters. The molecule has 0 atom stereocenters. The topological polar surface area (TPSA) is 61.8 Å². The second-order valence-electron chi connectivity index (χ2n) is 9.11. The average molecular weight is 479 g/mol. The molecule has 0 aromatic carbocycles. The molecule has 0 bridgehead atoms. The highest BCUT2D eigenvalue weighted by Gasteiger charge is 2.00. The van der Waals surface area contributed by atoms with Gasteiger partial charge in [-0.15, -0.1) is 0 Å². The zero-order chi connectivity index (χ0) is 23.6. The summed E-state index contributed by atoms with van der Waals surface area (Å²) in [4.78, 5) is 0. The molecule has 0 rings (SSSR count). The first kappa shape index (κ1) is 31.8. The Morgan fingerprint density at radius 1 is 0.438 bits per heavy atom. The molecule has 0 aliphatic heterocycles. The van der Waals surface area contributed by atoms with Gasteiger partial charge in [-0.2, -0.15) is 8.42 Å². The van der Waals surface area contributed by atoms with Gasteiger partial charge >= 0.3 is 0 Å². The van der Waals surface area contributed by atoms with Crippen molar-refractivity contribution < 1.29 is 22.1 Å². The lowest BCUT2D eigenvalue weighted by Crippen LogP contribution is -2.06. The molecule has 0 spiro atoms. The van der Waals surface area contributed by atoms with Crippen molar-refractivity contribution in [3.8, 4) is 0 Å². The Bertz CT molecular complexity index is 453. The number of hydrogen-bond donors (Lipinski definition) is 0. The van der Waals surface area contributed by atoms with Crippen LogP contribution in [0.25, 0.3) is 0 Å². The molecule has 0 N–H and O–H groups in total. The van der Waals surface area contributed by atoms with Crippen LogP contribution in [-0.2, 0) is 23.8 Å². The van der Waals surface area contributed by atoms with Crippen LogP contribution in [0.3, 0.4) is 0 Å². The van der Waals surface area contributed by atoms with Crippen molar-refractivity contribution in [1.29, 1.82) is 0 Å². The zero-order valence-electron chi connectivity index (χ0n) is 21.4. The molecule has 194 valence electrons. The van der Waals surface area contributed by atoms with E-state index in [-0.39, 0.29) is 6.61 Å². The fourth-order valence-electron chi connectivity index (χ4n) is 3.74. The van der Waals surface area contributed by atoms with E-state index in [2.05, 4.69) is 11.1 Å². The molecule has 0 amide bonds. The lowest BCUT2D eigenvalue weighted by molar-refractivity contribution is 0.0785. The van der Waals surface area contributed by atoms with E-state index < -0.39 is 10.1 Å². The van der Waals surface area contributed by atoms with Crippen LogP contribution in [0.5, 0.6) is 0 Å². The van der Waals surface area contributed by atoms with E-state index in [1.54, 1.807) is 0 Å². The third-order valence-corrected chi connectivity index (χ3v) is 6.29. The predicted octanol–water partition coefficient (Wildman–Crippen LogP) is 7.43. The Morgan fingerprint density at radius 3 is 1.16 bits per heavy atom. The zero-order valence-corrected chi connectivity index (χ0v) is 22.2. The maximum atomic E-state index is 10.8. The fraction of sp³-hybridized carbons (Fsp3) is 1.00. The minimum Gasteiger partial charge on any atom is -0.381 e. The van der Waals surface area contributed by atoms with Gasteiger partial charge in [-0.25, -0.2) is 0 Å². The molecule has 0 aliphatic rings. The normalized spacial score (nSPS) is 11.9. The van der Waals surface area contributed by atoms with Crippen LogP contribution < -0.4 is 0 Å². The lowest BCUT2D eigenvalue weighted by atomic mass is 10.0. The van der Waals surface area contributed by atoms with E-state index in [9.17, 15) is 8.42 Å². The molecular weight excluding hydrogens is 424 g/mol. The summed E-state index contributed by atoms with van der Waals surface area (Å²) in [6.07, 6.45) is 25.8. The Balaban J connectivity index is 3.04. The average Bonchev–Trinajstić information content (AvgIpc) is 2.75. The molecule has 0 fully saturated rings.